The van der Waals surface area contributed by atoms with Crippen LogP contribution in [0.4, 0.5) is 0 Å². The molecule has 0 amide bonds. The van der Waals surface area contributed by atoms with Crippen molar-refractivity contribution < 1.29 is 13.2 Å². The third-order valence-electron chi connectivity index (χ3n) is 4.28. The monoisotopic (exact) mass is 332 g/mol. The predicted molar refractivity (Wildman–Crippen MR) is 95.0 cm³/mol. The van der Waals surface area contributed by atoms with E-state index in [4.69, 9.17) is 0 Å². The Morgan fingerprint density at radius 2 is 1.23 bits per heavy atom. The van der Waals surface area contributed by atoms with Gasteiger partial charge in [-0.15, -0.1) is 0 Å². The molecule has 0 aliphatic rings. The number of unbranched alkanes of at least 4 members (excludes halogenated alkanes) is 9. The molecule has 4 heteroatoms. The van der Waals surface area contributed by atoms with Crippen LogP contribution in [0.15, 0.2) is 0 Å². The van der Waals surface area contributed by atoms with Gasteiger partial charge < -0.3 is 0 Å². The van der Waals surface area contributed by atoms with Gasteiger partial charge in [-0.05, 0) is 27.2 Å². The zero-order chi connectivity index (χ0) is 17.1. The van der Waals surface area contributed by atoms with Crippen molar-refractivity contribution >= 4 is 15.6 Å². The summed E-state index contributed by atoms with van der Waals surface area (Å²) in [5, 5.41) is 0. The van der Waals surface area contributed by atoms with Gasteiger partial charge >= 0.3 is 0 Å². The Kier molecular flexibility index (Phi) is 11.0. The maximum atomic E-state index is 12.3. The first kappa shape index (κ1) is 21.6. The van der Waals surface area contributed by atoms with E-state index in [0.717, 1.165) is 19.3 Å². The first-order valence-electron chi connectivity index (χ1n) is 8.94. The zero-order valence-corrected chi connectivity index (χ0v) is 15.9. The van der Waals surface area contributed by atoms with Crippen LogP contribution in [0.1, 0.15) is 98.3 Å². The zero-order valence-electron chi connectivity index (χ0n) is 15.1. The minimum Gasteiger partial charge on any atom is -0.300 e. The van der Waals surface area contributed by atoms with Crippen LogP contribution < -0.4 is 0 Å². The molecule has 22 heavy (non-hydrogen) atoms. The maximum Gasteiger partial charge on any atom is 0.155 e. The van der Waals surface area contributed by atoms with Gasteiger partial charge in [0.1, 0.15) is 5.78 Å². The molecule has 0 atom stereocenters. The summed E-state index contributed by atoms with van der Waals surface area (Å²) in [5.41, 5.74) is 0. The highest BCUT2D eigenvalue weighted by Crippen LogP contribution is 2.23. The largest absolute Gasteiger partial charge is 0.300 e. The highest BCUT2D eigenvalue weighted by Gasteiger charge is 2.34. The Labute approximate surface area is 138 Å². The number of rotatable bonds is 14. The van der Waals surface area contributed by atoms with E-state index in [9.17, 15) is 13.2 Å². The number of carbonyl (C=O) groups excluding carboxylic acids is 1. The molecule has 0 bridgehead atoms. The average Bonchev–Trinajstić information content (AvgIpc) is 2.39. The van der Waals surface area contributed by atoms with Crippen molar-refractivity contribution in [1.82, 2.24) is 0 Å². The van der Waals surface area contributed by atoms with Crippen molar-refractivity contribution in [3.8, 4) is 0 Å². The first-order valence-corrected chi connectivity index (χ1v) is 10.6. The smallest absolute Gasteiger partial charge is 0.155 e. The summed E-state index contributed by atoms with van der Waals surface area (Å²) in [6.45, 7) is 7.02. The SMILES string of the molecule is CCCCCCCCCCCCS(=O)(=O)C(C)(C)CC(C)=O. The second-order valence-corrected chi connectivity index (χ2v) is 9.88. The molecule has 0 rings (SSSR count). The van der Waals surface area contributed by atoms with E-state index >= 15 is 0 Å². The van der Waals surface area contributed by atoms with Crippen molar-refractivity contribution in [2.45, 2.75) is 103 Å². The summed E-state index contributed by atoms with van der Waals surface area (Å²) in [4.78, 5) is 11.2. The normalized spacial score (nSPS) is 12.5. The lowest BCUT2D eigenvalue weighted by Crippen LogP contribution is -2.35. The minimum atomic E-state index is -3.18. The van der Waals surface area contributed by atoms with Gasteiger partial charge in [0.2, 0.25) is 0 Å². The van der Waals surface area contributed by atoms with Crippen molar-refractivity contribution in [1.29, 1.82) is 0 Å². The van der Waals surface area contributed by atoms with Crippen LogP contribution in [-0.4, -0.2) is 24.7 Å². The fourth-order valence-electron chi connectivity index (χ4n) is 2.77. The second kappa shape index (κ2) is 11.2. The van der Waals surface area contributed by atoms with Gasteiger partial charge in [0, 0.05) is 6.42 Å². The molecular formula is C18H36O3S. The van der Waals surface area contributed by atoms with Gasteiger partial charge in [-0.25, -0.2) is 8.42 Å². The van der Waals surface area contributed by atoms with Gasteiger partial charge in [-0.2, -0.15) is 0 Å². The van der Waals surface area contributed by atoms with Gasteiger partial charge in [0.05, 0.1) is 10.5 Å². The maximum absolute atomic E-state index is 12.3. The van der Waals surface area contributed by atoms with E-state index in [-0.39, 0.29) is 18.0 Å². The van der Waals surface area contributed by atoms with Crippen molar-refractivity contribution in [2.24, 2.45) is 0 Å². The topological polar surface area (TPSA) is 51.2 Å². The van der Waals surface area contributed by atoms with E-state index in [1.807, 2.05) is 0 Å². The van der Waals surface area contributed by atoms with Crippen LogP contribution >= 0.6 is 0 Å². The molecule has 0 aliphatic heterocycles. The summed E-state index contributed by atoms with van der Waals surface area (Å²) < 4.78 is 23.6. The predicted octanol–water partition coefficient (Wildman–Crippen LogP) is 5.08. The van der Waals surface area contributed by atoms with Crippen LogP contribution in [0.3, 0.4) is 0 Å². The molecule has 0 aromatic rings. The molecule has 3 nitrogen and oxygen atoms in total. The first-order chi connectivity index (χ1) is 10.2. The Hall–Kier alpha value is -0.380. The fraction of sp³-hybridized carbons (Fsp3) is 0.944. The molecule has 0 heterocycles. The number of hydrogen-bond donors (Lipinski definition) is 0. The van der Waals surface area contributed by atoms with E-state index < -0.39 is 14.6 Å². The summed E-state index contributed by atoms with van der Waals surface area (Å²) in [6.07, 6.45) is 12.0. The minimum absolute atomic E-state index is 0.0587. The molecule has 0 radical (unpaired) electrons. The average molecular weight is 333 g/mol. The third kappa shape index (κ3) is 9.60. The Morgan fingerprint density at radius 3 is 1.64 bits per heavy atom. The molecule has 0 unspecified atom stereocenters. The van der Waals surface area contributed by atoms with Gasteiger partial charge in [0.15, 0.2) is 9.84 Å². The molecule has 0 aliphatic carbocycles. The molecule has 0 fully saturated rings. The quantitative estimate of drug-likeness (QED) is 0.417. The molecule has 0 N–H and O–H groups in total. The Balaban J connectivity index is 3.76. The van der Waals surface area contributed by atoms with Gasteiger partial charge in [-0.3, -0.25) is 4.79 Å². The number of Topliss-reactive ketones (excluding diaryl/α,β-unsaturated/α-hetero) is 1. The second-order valence-electron chi connectivity index (χ2n) is 7.14. The molecule has 0 aromatic carbocycles. The van der Waals surface area contributed by atoms with Crippen LogP contribution in [0.2, 0.25) is 0 Å². The van der Waals surface area contributed by atoms with E-state index in [2.05, 4.69) is 6.92 Å². The summed E-state index contributed by atoms with van der Waals surface area (Å²) in [7, 11) is -3.18. The lowest BCUT2D eigenvalue weighted by atomic mass is 10.1. The standard InChI is InChI=1S/C18H36O3S/c1-5-6-7-8-9-10-11-12-13-14-15-22(20,21)18(3,4)16-17(2)19/h5-16H2,1-4H3. The third-order valence-corrected chi connectivity index (χ3v) is 6.94. The highest BCUT2D eigenvalue weighted by molar-refractivity contribution is 7.92. The number of carbonyl (C=O) groups is 1. The Bertz CT molecular complexity index is 397. The van der Waals surface area contributed by atoms with Crippen molar-refractivity contribution in [3.05, 3.63) is 0 Å². The molecular weight excluding hydrogens is 296 g/mol. The Morgan fingerprint density at radius 1 is 0.818 bits per heavy atom. The summed E-state index contributed by atoms with van der Waals surface area (Å²) in [6, 6.07) is 0. The van der Waals surface area contributed by atoms with E-state index in [0.29, 0.717) is 0 Å². The number of ketones is 1. The number of sulfone groups is 1. The van der Waals surface area contributed by atoms with Crippen molar-refractivity contribution in [3.63, 3.8) is 0 Å². The van der Waals surface area contributed by atoms with Crippen LogP contribution in [0, 0.1) is 0 Å². The fourth-order valence-corrected chi connectivity index (χ4v) is 4.33. The molecule has 0 spiro atoms. The van der Waals surface area contributed by atoms with Gasteiger partial charge in [-0.1, -0.05) is 64.7 Å². The van der Waals surface area contributed by atoms with Crippen LogP contribution in [0.25, 0.3) is 0 Å². The highest BCUT2D eigenvalue weighted by atomic mass is 32.2. The van der Waals surface area contributed by atoms with Crippen LogP contribution in [-0.2, 0) is 14.6 Å². The summed E-state index contributed by atoms with van der Waals surface area (Å²) in [5.74, 6) is 0.153. The van der Waals surface area contributed by atoms with E-state index in [1.165, 1.54) is 51.9 Å². The molecule has 0 saturated heterocycles. The molecule has 0 aromatic heterocycles. The van der Waals surface area contributed by atoms with Gasteiger partial charge in [0.25, 0.3) is 0 Å². The lowest BCUT2D eigenvalue weighted by Gasteiger charge is -2.23. The van der Waals surface area contributed by atoms with Crippen LogP contribution in [0.5, 0.6) is 0 Å². The molecule has 132 valence electrons. The molecule has 0 saturated carbocycles. The summed E-state index contributed by atoms with van der Waals surface area (Å²) >= 11 is 0. The lowest BCUT2D eigenvalue weighted by molar-refractivity contribution is -0.117. The van der Waals surface area contributed by atoms with Crippen molar-refractivity contribution in [2.75, 3.05) is 5.75 Å². The number of hydrogen-bond acceptors (Lipinski definition) is 3. The van der Waals surface area contributed by atoms with E-state index in [1.54, 1.807) is 13.8 Å².